The summed E-state index contributed by atoms with van der Waals surface area (Å²) in [6.07, 6.45) is -2.76. The van der Waals surface area contributed by atoms with Crippen LogP contribution in [-0.2, 0) is 6.18 Å². The van der Waals surface area contributed by atoms with E-state index in [0.29, 0.717) is 5.65 Å². The average Bonchev–Trinajstić information content (AvgIpc) is 2.82. The van der Waals surface area contributed by atoms with Crippen LogP contribution in [0.2, 0.25) is 0 Å². The molecule has 2 aromatic heterocycles. The fourth-order valence-electron chi connectivity index (χ4n) is 1.95. The molecule has 3 aromatic rings. The molecule has 2 heterocycles. The van der Waals surface area contributed by atoms with Crippen LogP contribution in [0.3, 0.4) is 0 Å². The predicted molar refractivity (Wildman–Crippen MR) is 67.8 cm³/mol. The van der Waals surface area contributed by atoms with Crippen LogP contribution in [0.1, 0.15) is 5.56 Å². The molecule has 0 saturated carbocycles. The zero-order valence-corrected chi connectivity index (χ0v) is 10.1. The first-order valence-electron chi connectivity index (χ1n) is 5.73. The number of nitrogen functional groups attached to an aromatic ring is 1. The smallest absolute Gasteiger partial charge is 0.398 e. The molecule has 7 heteroatoms. The molecule has 3 rings (SSSR count). The molecular weight excluding hydrogens is 269 g/mol. The fourth-order valence-corrected chi connectivity index (χ4v) is 1.95. The van der Waals surface area contributed by atoms with Gasteiger partial charge in [0, 0.05) is 17.4 Å². The van der Waals surface area contributed by atoms with Gasteiger partial charge in [0.2, 0.25) is 0 Å². The number of alkyl halides is 3. The van der Waals surface area contributed by atoms with E-state index in [0.717, 1.165) is 12.1 Å². The van der Waals surface area contributed by atoms with Gasteiger partial charge in [-0.15, -0.1) is 10.2 Å². The van der Waals surface area contributed by atoms with E-state index < -0.39 is 11.7 Å². The summed E-state index contributed by atoms with van der Waals surface area (Å²) in [5.41, 5.74) is 5.96. The minimum absolute atomic E-state index is 0.207. The van der Waals surface area contributed by atoms with Crippen LogP contribution in [0.15, 0.2) is 42.6 Å². The molecule has 0 unspecified atom stereocenters. The summed E-state index contributed by atoms with van der Waals surface area (Å²) < 4.78 is 39.9. The van der Waals surface area contributed by atoms with Crippen molar-refractivity contribution in [3.05, 3.63) is 48.2 Å². The molecule has 0 bridgehead atoms. The molecule has 2 N–H and O–H groups in total. The van der Waals surface area contributed by atoms with E-state index in [1.54, 1.807) is 28.8 Å². The number of anilines is 1. The van der Waals surface area contributed by atoms with Crippen LogP contribution >= 0.6 is 0 Å². The molecule has 102 valence electrons. The van der Waals surface area contributed by atoms with Gasteiger partial charge < -0.3 is 5.73 Å². The van der Waals surface area contributed by atoms with Gasteiger partial charge in [0.25, 0.3) is 0 Å². The van der Waals surface area contributed by atoms with Gasteiger partial charge in [-0.3, -0.25) is 4.40 Å². The third kappa shape index (κ3) is 1.97. The minimum atomic E-state index is -4.43. The first-order chi connectivity index (χ1) is 9.47. The number of pyridine rings is 1. The highest BCUT2D eigenvalue weighted by Gasteiger charge is 2.31. The van der Waals surface area contributed by atoms with Crippen molar-refractivity contribution in [2.45, 2.75) is 6.18 Å². The Morgan fingerprint density at radius 1 is 1.05 bits per heavy atom. The third-order valence-corrected chi connectivity index (χ3v) is 2.94. The highest BCUT2D eigenvalue weighted by atomic mass is 19.4. The number of aromatic nitrogens is 3. The summed E-state index contributed by atoms with van der Waals surface area (Å²) in [7, 11) is 0. The number of hydrogen-bond donors (Lipinski definition) is 1. The average molecular weight is 278 g/mol. The molecule has 0 amide bonds. The van der Waals surface area contributed by atoms with Crippen molar-refractivity contribution < 1.29 is 13.2 Å². The molecule has 0 atom stereocenters. The second kappa shape index (κ2) is 4.22. The zero-order chi connectivity index (χ0) is 14.3. The van der Waals surface area contributed by atoms with Crippen LogP contribution in [0, 0.1) is 0 Å². The van der Waals surface area contributed by atoms with Crippen LogP contribution in [-0.4, -0.2) is 14.6 Å². The van der Waals surface area contributed by atoms with E-state index in [2.05, 4.69) is 10.2 Å². The van der Waals surface area contributed by atoms with Crippen molar-refractivity contribution in [1.29, 1.82) is 0 Å². The van der Waals surface area contributed by atoms with Crippen LogP contribution in [0.5, 0.6) is 0 Å². The number of rotatable bonds is 1. The van der Waals surface area contributed by atoms with E-state index in [9.17, 15) is 13.2 Å². The van der Waals surface area contributed by atoms with Gasteiger partial charge in [0.05, 0.1) is 5.56 Å². The lowest BCUT2D eigenvalue weighted by molar-refractivity contribution is -0.137. The first kappa shape index (κ1) is 12.5. The van der Waals surface area contributed by atoms with E-state index in [1.165, 1.54) is 6.07 Å². The Morgan fingerprint density at radius 2 is 1.85 bits per heavy atom. The first-order valence-corrected chi connectivity index (χ1v) is 5.73. The second-order valence-corrected chi connectivity index (χ2v) is 4.25. The number of nitrogens with zero attached hydrogens (tertiary/aromatic N) is 3. The van der Waals surface area contributed by atoms with E-state index in [-0.39, 0.29) is 17.1 Å². The van der Waals surface area contributed by atoms with Crippen molar-refractivity contribution in [1.82, 2.24) is 14.6 Å². The van der Waals surface area contributed by atoms with Crippen molar-refractivity contribution in [3.63, 3.8) is 0 Å². The van der Waals surface area contributed by atoms with Crippen molar-refractivity contribution in [2.24, 2.45) is 0 Å². The quantitative estimate of drug-likeness (QED) is 0.696. The standard InChI is InChI=1S/C13H9F3N4/c14-13(15,16)8-4-5-10(17)9(7-8)12-19-18-11-3-1-2-6-20(11)12/h1-7H,17H2. The lowest BCUT2D eigenvalue weighted by Gasteiger charge is -2.10. The fraction of sp³-hybridized carbons (Fsp3) is 0.0769. The number of fused-ring (bicyclic) bond motifs is 1. The van der Waals surface area contributed by atoms with Gasteiger partial charge in [0.1, 0.15) is 0 Å². The third-order valence-electron chi connectivity index (χ3n) is 2.94. The maximum absolute atomic E-state index is 12.8. The molecule has 0 aliphatic rings. The Balaban J connectivity index is 2.24. The number of nitrogens with two attached hydrogens (primary N) is 1. The number of benzene rings is 1. The molecule has 20 heavy (non-hydrogen) atoms. The lowest BCUT2D eigenvalue weighted by atomic mass is 10.1. The molecule has 1 aromatic carbocycles. The molecule has 0 fully saturated rings. The van der Waals surface area contributed by atoms with Gasteiger partial charge in [-0.2, -0.15) is 13.2 Å². The Labute approximate surface area is 111 Å². The second-order valence-electron chi connectivity index (χ2n) is 4.25. The highest BCUT2D eigenvalue weighted by Crippen LogP contribution is 2.34. The Hall–Kier alpha value is -2.57. The molecule has 0 saturated heterocycles. The molecule has 0 radical (unpaired) electrons. The van der Waals surface area contributed by atoms with Gasteiger partial charge in [-0.25, -0.2) is 0 Å². The Bertz CT molecular complexity index is 777. The number of halogens is 3. The summed E-state index contributed by atoms with van der Waals surface area (Å²) >= 11 is 0. The molecular formula is C13H9F3N4. The summed E-state index contributed by atoms with van der Waals surface area (Å²) in [4.78, 5) is 0. The monoisotopic (exact) mass is 278 g/mol. The van der Waals surface area contributed by atoms with Crippen LogP contribution in [0.25, 0.3) is 17.0 Å². The van der Waals surface area contributed by atoms with Crippen LogP contribution < -0.4 is 5.73 Å². The predicted octanol–water partition coefficient (Wildman–Crippen LogP) is 3.00. The molecule has 0 aliphatic carbocycles. The number of hydrogen-bond acceptors (Lipinski definition) is 3. The van der Waals surface area contributed by atoms with E-state index in [4.69, 9.17) is 5.73 Å². The highest BCUT2D eigenvalue weighted by molar-refractivity contribution is 5.74. The van der Waals surface area contributed by atoms with Gasteiger partial charge in [-0.05, 0) is 30.3 Å². The normalized spacial score (nSPS) is 11.9. The Morgan fingerprint density at radius 3 is 2.60 bits per heavy atom. The zero-order valence-electron chi connectivity index (χ0n) is 10.1. The van der Waals surface area contributed by atoms with Gasteiger partial charge in [0.15, 0.2) is 11.5 Å². The van der Waals surface area contributed by atoms with Crippen molar-refractivity contribution in [2.75, 3.05) is 5.73 Å². The van der Waals surface area contributed by atoms with E-state index in [1.807, 2.05) is 0 Å². The maximum Gasteiger partial charge on any atom is 0.416 e. The van der Waals surface area contributed by atoms with Crippen molar-refractivity contribution >= 4 is 11.3 Å². The lowest BCUT2D eigenvalue weighted by Crippen LogP contribution is -2.06. The van der Waals surface area contributed by atoms with Gasteiger partial charge >= 0.3 is 6.18 Å². The summed E-state index contributed by atoms with van der Waals surface area (Å²) in [5.74, 6) is 0.282. The molecule has 0 spiro atoms. The SMILES string of the molecule is Nc1ccc(C(F)(F)F)cc1-c1nnc2ccccn12. The molecule has 4 nitrogen and oxygen atoms in total. The van der Waals surface area contributed by atoms with E-state index >= 15 is 0 Å². The van der Waals surface area contributed by atoms with Crippen molar-refractivity contribution in [3.8, 4) is 11.4 Å². The van der Waals surface area contributed by atoms with Crippen LogP contribution in [0.4, 0.5) is 18.9 Å². The Kier molecular flexibility index (Phi) is 2.63. The summed E-state index contributed by atoms with van der Waals surface area (Å²) in [5, 5.41) is 7.82. The topological polar surface area (TPSA) is 56.2 Å². The maximum atomic E-state index is 12.8. The largest absolute Gasteiger partial charge is 0.416 e. The van der Waals surface area contributed by atoms with Gasteiger partial charge in [-0.1, -0.05) is 6.07 Å². The summed E-state index contributed by atoms with van der Waals surface area (Å²) in [6.45, 7) is 0. The summed E-state index contributed by atoms with van der Waals surface area (Å²) in [6, 6.07) is 8.37. The molecule has 0 aliphatic heterocycles. The minimum Gasteiger partial charge on any atom is -0.398 e.